The Kier molecular flexibility index (Phi) is 4.68. The first kappa shape index (κ1) is 11.8. The highest BCUT2D eigenvalue weighted by molar-refractivity contribution is 7.96. The zero-order valence-corrected chi connectivity index (χ0v) is 9.24. The number of carbonyl (C=O) groups is 1. The molecule has 0 aromatic carbocycles. The van der Waals surface area contributed by atoms with E-state index < -0.39 is 0 Å². The Morgan fingerprint density at radius 1 is 1.50 bits per heavy atom. The van der Waals surface area contributed by atoms with E-state index in [1.807, 2.05) is 0 Å². The summed E-state index contributed by atoms with van der Waals surface area (Å²) in [6.45, 7) is 9.37. The number of rotatable bonds is 4. The minimum absolute atomic E-state index is 0.173. The molecular weight excluding hydrogens is 170 g/mol. The standard InChI is InChI=1S/C9H19NOS/c1-7(2)5-9(3,4)6-10-8(11)12/h7H,5-6H2,1-4H3,(H2,10,11,12). The molecule has 0 aromatic heterocycles. The van der Waals surface area contributed by atoms with Crippen LogP contribution in [0.2, 0.25) is 0 Å². The molecule has 0 bridgehead atoms. The van der Waals surface area contributed by atoms with Gasteiger partial charge >= 0.3 is 0 Å². The summed E-state index contributed by atoms with van der Waals surface area (Å²) in [6.07, 6.45) is 1.11. The van der Waals surface area contributed by atoms with E-state index in [1.165, 1.54) is 0 Å². The van der Waals surface area contributed by atoms with Gasteiger partial charge in [-0.25, -0.2) is 0 Å². The van der Waals surface area contributed by atoms with Gasteiger partial charge in [-0.15, -0.1) is 0 Å². The molecule has 0 fully saturated rings. The zero-order chi connectivity index (χ0) is 9.78. The van der Waals surface area contributed by atoms with Crippen LogP contribution in [-0.4, -0.2) is 11.8 Å². The molecule has 0 aliphatic rings. The van der Waals surface area contributed by atoms with Crippen molar-refractivity contribution < 1.29 is 4.79 Å². The Hall–Kier alpha value is -0.180. The van der Waals surface area contributed by atoms with Gasteiger partial charge in [-0.1, -0.05) is 40.3 Å². The number of thiol groups is 1. The van der Waals surface area contributed by atoms with Crippen molar-refractivity contribution in [2.24, 2.45) is 11.3 Å². The fourth-order valence-corrected chi connectivity index (χ4v) is 1.57. The molecule has 3 heteroatoms. The first-order chi connectivity index (χ1) is 5.33. The summed E-state index contributed by atoms with van der Waals surface area (Å²) in [5.41, 5.74) is 0.173. The largest absolute Gasteiger partial charge is 0.347 e. The minimum atomic E-state index is -0.244. The van der Waals surface area contributed by atoms with E-state index in [2.05, 4.69) is 45.6 Å². The van der Waals surface area contributed by atoms with Gasteiger partial charge in [-0.3, -0.25) is 4.79 Å². The van der Waals surface area contributed by atoms with Gasteiger partial charge < -0.3 is 5.32 Å². The molecular formula is C9H19NOS. The third-order valence-corrected chi connectivity index (χ3v) is 1.84. The third kappa shape index (κ3) is 6.53. The molecule has 12 heavy (non-hydrogen) atoms. The maximum atomic E-state index is 10.5. The van der Waals surface area contributed by atoms with Crippen molar-refractivity contribution >= 4 is 17.9 Å². The fraction of sp³-hybridized carbons (Fsp3) is 0.889. The van der Waals surface area contributed by atoms with Crippen LogP contribution in [-0.2, 0) is 0 Å². The molecule has 0 aromatic rings. The summed E-state index contributed by atoms with van der Waals surface area (Å²) in [5, 5.41) is 2.47. The molecule has 1 amide bonds. The van der Waals surface area contributed by atoms with Crippen LogP contribution in [0.25, 0.3) is 0 Å². The van der Waals surface area contributed by atoms with E-state index in [4.69, 9.17) is 0 Å². The molecule has 0 aliphatic heterocycles. The van der Waals surface area contributed by atoms with Crippen LogP contribution in [0.5, 0.6) is 0 Å². The Morgan fingerprint density at radius 3 is 2.33 bits per heavy atom. The summed E-state index contributed by atoms with van der Waals surface area (Å²) in [4.78, 5) is 10.5. The van der Waals surface area contributed by atoms with Crippen LogP contribution in [0.1, 0.15) is 34.1 Å². The molecule has 0 atom stereocenters. The summed E-state index contributed by atoms with van der Waals surface area (Å²) in [5.74, 6) is 0.664. The lowest BCUT2D eigenvalue weighted by Crippen LogP contribution is -2.31. The lowest BCUT2D eigenvalue weighted by atomic mass is 9.84. The van der Waals surface area contributed by atoms with Crippen molar-refractivity contribution in [1.82, 2.24) is 5.32 Å². The predicted molar refractivity (Wildman–Crippen MR) is 55.6 cm³/mol. The molecule has 0 radical (unpaired) electrons. The molecule has 0 aliphatic carbocycles. The molecule has 0 spiro atoms. The number of carbonyl (C=O) groups excluding carboxylic acids is 1. The van der Waals surface area contributed by atoms with Gasteiger partial charge in [-0.2, -0.15) is 0 Å². The monoisotopic (exact) mass is 189 g/mol. The Labute approximate surface area is 80.5 Å². The summed E-state index contributed by atoms with van der Waals surface area (Å²) in [7, 11) is 0. The van der Waals surface area contributed by atoms with Gasteiger partial charge in [0.05, 0.1) is 0 Å². The van der Waals surface area contributed by atoms with Gasteiger partial charge in [0.2, 0.25) is 0 Å². The van der Waals surface area contributed by atoms with E-state index in [0.29, 0.717) is 12.5 Å². The van der Waals surface area contributed by atoms with Crippen LogP contribution in [0.4, 0.5) is 4.79 Å². The van der Waals surface area contributed by atoms with Crippen LogP contribution in [0.3, 0.4) is 0 Å². The zero-order valence-electron chi connectivity index (χ0n) is 8.35. The minimum Gasteiger partial charge on any atom is -0.347 e. The van der Waals surface area contributed by atoms with E-state index in [0.717, 1.165) is 6.42 Å². The van der Waals surface area contributed by atoms with Gasteiger partial charge in [-0.05, 0) is 17.8 Å². The second-order valence-corrected chi connectivity index (χ2v) is 4.83. The lowest BCUT2D eigenvalue weighted by Gasteiger charge is -2.26. The van der Waals surface area contributed by atoms with Gasteiger partial charge in [0.15, 0.2) is 0 Å². The van der Waals surface area contributed by atoms with Crippen LogP contribution < -0.4 is 5.32 Å². The maximum Gasteiger partial charge on any atom is 0.275 e. The van der Waals surface area contributed by atoms with Crippen LogP contribution in [0, 0.1) is 11.3 Å². The number of hydrogen-bond donors (Lipinski definition) is 2. The van der Waals surface area contributed by atoms with Crippen molar-refractivity contribution in [3.05, 3.63) is 0 Å². The number of hydrogen-bond acceptors (Lipinski definition) is 1. The lowest BCUT2D eigenvalue weighted by molar-refractivity contribution is 0.244. The average molecular weight is 189 g/mol. The van der Waals surface area contributed by atoms with Crippen molar-refractivity contribution in [2.45, 2.75) is 34.1 Å². The molecule has 1 N–H and O–H groups in total. The second-order valence-electron chi connectivity index (χ2n) is 4.42. The summed E-state index contributed by atoms with van der Waals surface area (Å²) >= 11 is 3.65. The highest BCUT2D eigenvalue weighted by Crippen LogP contribution is 2.23. The van der Waals surface area contributed by atoms with Gasteiger partial charge in [0.25, 0.3) is 5.24 Å². The first-order valence-corrected chi connectivity index (χ1v) is 4.75. The molecule has 0 heterocycles. The van der Waals surface area contributed by atoms with E-state index in [-0.39, 0.29) is 10.7 Å². The summed E-state index contributed by atoms with van der Waals surface area (Å²) in [6, 6.07) is 0. The molecule has 2 nitrogen and oxygen atoms in total. The van der Waals surface area contributed by atoms with Crippen molar-refractivity contribution in [3.63, 3.8) is 0 Å². The smallest absolute Gasteiger partial charge is 0.275 e. The first-order valence-electron chi connectivity index (χ1n) is 4.30. The van der Waals surface area contributed by atoms with E-state index >= 15 is 0 Å². The highest BCUT2D eigenvalue weighted by Gasteiger charge is 2.19. The van der Waals surface area contributed by atoms with Crippen molar-refractivity contribution in [1.29, 1.82) is 0 Å². The fourth-order valence-electron chi connectivity index (χ4n) is 1.49. The number of nitrogens with one attached hydrogen (secondary N) is 1. The highest BCUT2D eigenvalue weighted by atomic mass is 32.1. The van der Waals surface area contributed by atoms with Crippen LogP contribution >= 0.6 is 12.6 Å². The normalized spacial score (nSPS) is 11.8. The predicted octanol–water partition coefficient (Wildman–Crippen LogP) is 2.70. The Bertz CT molecular complexity index is 155. The van der Waals surface area contributed by atoms with E-state index in [9.17, 15) is 4.79 Å². The Morgan fingerprint density at radius 2 is 2.00 bits per heavy atom. The average Bonchev–Trinajstić information content (AvgIpc) is 1.81. The van der Waals surface area contributed by atoms with E-state index in [1.54, 1.807) is 0 Å². The molecule has 0 unspecified atom stereocenters. The van der Waals surface area contributed by atoms with Crippen LogP contribution in [0.15, 0.2) is 0 Å². The van der Waals surface area contributed by atoms with Gasteiger partial charge in [0.1, 0.15) is 0 Å². The topological polar surface area (TPSA) is 29.1 Å². The summed E-state index contributed by atoms with van der Waals surface area (Å²) < 4.78 is 0. The van der Waals surface area contributed by atoms with Gasteiger partial charge in [0, 0.05) is 6.54 Å². The third-order valence-electron chi connectivity index (χ3n) is 1.68. The molecule has 72 valence electrons. The molecule has 0 rings (SSSR count). The second kappa shape index (κ2) is 4.75. The molecule has 0 saturated heterocycles. The Balaban J connectivity index is 3.78. The molecule has 0 saturated carbocycles. The maximum absolute atomic E-state index is 10.5. The van der Waals surface area contributed by atoms with Crippen molar-refractivity contribution in [2.75, 3.05) is 6.54 Å². The SMILES string of the molecule is CC(C)CC(C)(C)CNC(=O)S. The quantitative estimate of drug-likeness (QED) is 0.654. The van der Waals surface area contributed by atoms with Crippen molar-refractivity contribution in [3.8, 4) is 0 Å². The number of amides is 1.